The van der Waals surface area contributed by atoms with Gasteiger partial charge in [-0.05, 0) is 18.4 Å². The molecule has 1 heterocycles. The number of hydrogen-bond acceptors (Lipinski definition) is 3. The van der Waals surface area contributed by atoms with E-state index in [-0.39, 0.29) is 12.0 Å². The van der Waals surface area contributed by atoms with E-state index in [1.807, 2.05) is 11.0 Å². The second kappa shape index (κ2) is 6.58. The third-order valence-corrected chi connectivity index (χ3v) is 4.82. The molecule has 0 radical (unpaired) electrons. The topological polar surface area (TPSA) is 49.6 Å². The number of benzene rings is 1. The second-order valence-corrected chi connectivity index (χ2v) is 6.29. The summed E-state index contributed by atoms with van der Waals surface area (Å²) in [5, 5.41) is 0. The summed E-state index contributed by atoms with van der Waals surface area (Å²) >= 11 is 0. The van der Waals surface area contributed by atoms with Gasteiger partial charge in [0, 0.05) is 38.8 Å². The Hall–Kier alpha value is -1.39. The SMILES string of the molecule is NC1CCCC1C(=O)N1CCN(Cc2ccccc2)CC1. The maximum Gasteiger partial charge on any atom is 0.227 e. The largest absolute Gasteiger partial charge is 0.340 e. The molecule has 114 valence electrons. The van der Waals surface area contributed by atoms with Gasteiger partial charge in [0.25, 0.3) is 0 Å². The molecule has 1 aliphatic carbocycles. The Kier molecular flexibility index (Phi) is 4.56. The van der Waals surface area contributed by atoms with E-state index in [0.717, 1.165) is 52.0 Å². The summed E-state index contributed by atoms with van der Waals surface area (Å²) in [5.74, 6) is 0.366. The number of rotatable bonds is 3. The summed E-state index contributed by atoms with van der Waals surface area (Å²) in [7, 11) is 0. The minimum atomic E-state index is 0.0747. The summed E-state index contributed by atoms with van der Waals surface area (Å²) in [6, 6.07) is 10.6. The van der Waals surface area contributed by atoms with Gasteiger partial charge in [0.05, 0.1) is 5.92 Å². The van der Waals surface area contributed by atoms with E-state index < -0.39 is 0 Å². The molecule has 0 bridgehead atoms. The zero-order valence-electron chi connectivity index (χ0n) is 12.6. The van der Waals surface area contributed by atoms with Crippen molar-refractivity contribution < 1.29 is 4.79 Å². The maximum atomic E-state index is 12.5. The summed E-state index contributed by atoms with van der Waals surface area (Å²) in [6.45, 7) is 4.58. The van der Waals surface area contributed by atoms with Gasteiger partial charge in [-0.2, -0.15) is 0 Å². The Morgan fingerprint density at radius 3 is 2.43 bits per heavy atom. The van der Waals surface area contributed by atoms with Gasteiger partial charge in [-0.3, -0.25) is 9.69 Å². The van der Waals surface area contributed by atoms with Crippen LogP contribution in [0.1, 0.15) is 24.8 Å². The Labute approximate surface area is 126 Å². The van der Waals surface area contributed by atoms with Crippen molar-refractivity contribution >= 4 is 5.91 Å². The van der Waals surface area contributed by atoms with Gasteiger partial charge >= 0.3 is 0 Å². The van der Waals surface area contributed by atoms with Crippen molar-refractivity contribution in [2.45, 2.75) is 31.8 Å². The smallest absolute Gasteiger partial charge is 0.227 e. The van der Waals surface area contributed by atoms with Crippen molar-refractivity contribution in [2.75, 3.05) is 26.2 Å². The molecule has 2 unspecified atom stereocenters. The molecule has 1 amide bonds. The van der Waals surface area contributed by atoms with Crippen LogP contribution in [0.5, 0.6) is 0 Å². The lowest BCUT2D eigenvalue weighted by Crippen LogP contribution is -2.51. The first-order valence-electron chi connectivity index (χ1n) is 8.04. The number of piperazine rings is 1. The standard InChI is InChI=1S/C17H25N3O/c18-16-8-4-7-15(16)17(21)20-11-9-19(10-12-20)13-14-5-2-1-3-6-14/h1-3,5-6,15-16H,4,7-13,18H2. The fourth-order valence-corrected chi connectivity index (χ4v) is 3.50. The molecule has 1 aromatic rings. The Balaban J connectivity index is 1.50. The Morgan fingerprint density at radius 1 is 1.10 bits per heavy atom. The van der Waals surface area contributed by atoms with Crippen LogP contribution in [0.15, 0.2) is 30.3 Å². The summed E-state index contributed by atoms with van der Waals surface area (Å²) in [5.41, 5.74) is 7.40. The number of amides is 1. The van der Waals surface area contributed by atoms with Crippen molar-refractivity contribution in [1.29, 1.82) is 0 Å². The number of carbonyl (C=O) groups excluding carboxylic acids is 1. The molecule has 2 atom stereocenters. The van der Waals surface area contributed by atoms with E-state index in [1.165, 1.54) is 5.56 Å². The lowest BCUT2D eigenvalue weighted by molar-refractivity contribution is -0.137. The van der Waals surface area contributed by atoms with E-state index in [4.69, 9.17) is 5.73 Å². The highest BCUT2D eigenvalue weighted by molar-refractivity contribution is 5.80. The van der Waals surface area contributed by atoms with Gasteiger partial charge in [-0.25, -0.2) is 0 Å². The third kappa shape index (κ3) is 3.44. The van der Waals surface area contributed by atoms with Crippen LogP contribution in [0, 0.1) is 5.92 Å². The number of carbonyl (C=O) groups is 1. The molecule has 4 heteroatoms. The van der Waals surface area contributed by atoms with Gasteiger partial charge in [-0.1, -0.05) is 36.8 Å². The van der Waals surface area contributed by atoms with Crippen molar-refractivity contribution in [1.82, 2.24) is 9.80 Å². The van der Waals surface area contributed by atoms with Crippen LogP contribution in [-0.4, -0.2) is 47.9 Å². The average Bonchev–Trinajstić information content (AvgIpc) is 2.94. The van der Waals surface area contributed by atoms with Crippen LogP contribution >= 0.6 is 0 Å². The van der Waals surface area contributed by atoms with Crippen LogP contribution in [-0.2, 0) is 11.3 Å². The Morgan fingerprint density at radius 2 is 1.81 bits per heavy atom. The molecule has 2 N–H and O–H groups in total. The highest BCUT2D eigenvalue weighted by Gasteiger charge is 2.34. The van der Waals surface area contributed by atoms with E-state index in [0.29, 0.717) is 5.91 Å². The lowest BCUT2D eigenvalue weighted by atomic mass is 10.0. The maximum absolute atomic E-state index is 12.5. The van der Waals surface area contributed by atoms with Crippen LogP contribution in [0.25, 0.3) is 0 Å². The van der Waals surface area contributed by atoms with Gasteiger partial charge in [0.2, 0.25) is 5.91 Å². The van der Waals surface area contributed by atoms with E-state index in [9.17, 15) is 4.79 Å². The molecular formula is C17H25N3O. The molecule has 0 aromatic heterocycles. The van der Waals surface area contributed by atoms with Gasteiger partial charge in [-0.15, -0.1) is 0 Å². The number of nitrogens with two attached hydrogens (primary N) is 1. The third-order valence-electron chi connectivity index (χ3n) is 4.82. The fraction of sp³-hybridized carbons (Fsp3) is 0.588. The molecule has 3 rings (SSSR count). The highest BCUT2D eigenvalue weighted by atomic mass is 16.2. The lowest BCUT2D eigenvalue weighted by Gasteiger charge is -2.36. The summed E-state index contributed by atoms with van der Waals surface area (Å²) in [4.78, 5) is 17.0. The first-order valence-corrected chi connectivity index (χ1v) is 8.04. The quantitative estimate of drug-likeness (QED) is 0.915. The minimum Gasteiger partial charge on any atom is -0.340 e. The zero-order valence-corrected chi connectivity index (χ0v) is 12.6. The minimum absolute atomic E-state index is 0.0747. The predicted molar refractivity (Wildman–Crippen MR) is 83.6 cm³/mol. The number of nitrogens with zero attached hydrogens (tertiary/aromatic N) is 2. The van der Waals surface area contributed by atoms with E-state index >= 15 is 0 Å². The number of hydrogen-bond donors (Lipinski definition) is 1. The van der Waals surface area contributed by atoms with Crippen LogP contribution in [0.2, 0.25) is 0 Å². The molecule has 2 aliphatic rings. The monoisotopic (exact) mass is 287 g/mol. The van der Waals surface area contributed by atoms with Gasteiger partial charge in [0.15, 0.2) is 0 Å². The average molecular weight is 287 g/mol. The molecule has 1 aliphatic heterocycles. The van der Waals surface area contributed by atoms with Gasteiger partial charge in [0.1, 0.15) is 0 Å². The summed E-state index contributed by atoms with van der Waals surface area (Å²) in [6.07, 6.45) is 3.08. The Bertz CT molecular complexity index is 468. The first-order chi connectivity index (χ1) is 10.2. The molecule has 4 nitrogen and oxygen atoms in total. The molecule has 1 aromatic carbocycles. The molecule has 2 fully saturated rings. The van der Waals surface area contributed by atoms with Crippen molar-refractivity contribution in [3.63, 3.8) is 0 Å². The van der Waals surface area contributed by atoms with E-state index in [2.05, 4.69) is 29.2 Å². The normalized spacial score (nSPS) is 27.0. The molecule has 21 heavy (non-hydrogen) atoms. The van der Waals surface area contributed by atoms with Crippen molar-refractivity contribution in [3.8, 4) is 0 Å². The fourth-order valence-electron chi connectivity index (χ4n) is 3.50. The second-order valence-electron chi connectivity index (χ2n) is 6.29. The first kappa shape index (κ1) is 14.5. The molecule has 1 saturated heterocycles. The molecule has 0 spiro atoms. The van der Waals surface area contributed by atoms with Gasteiger partial charge < -0.3 is 10.6 Å². The van der Waals surface area contributed by atoms with Crippen LogP contribution < -0.4 is 5.73 Å². The summed E-state index contributed by atoms with van der Waals surface area (Å²) < 4.78 is 0. The van der Waals surface area contributed by atoms with Crippen molar-refractivity contribution in [2.24, 2.45) is 11.7 Å². The molecular weight excluding hydrogens is 262 g/mol. The predicted octanol–water partition coefficient (Wildman–Crippen LogP) is 1.46. The van der Waals surface area contributed by atoms with Crippen LogP contribution in [0.3, 0.4) is 0 Å². The van der Waals surface area contributed by atoms with Crippen LogP contribution in [0.4, 0.5) is 0 Å². The van der Waals surface area contributed by atoms with E-state index in [1.54, 1.807) is 0 Å². The highest BCUT2D eigenvalue weighted by Crippen LogP contribution is 2.26. The zero-order chi connectivity index (χ0) is 14.7. The molecule has 1 saturated carbocycles. The van der Waals surface area contributed by atoms with Crippen molar-refractivity contribution in [3.05, 3.63) is 35.9 Å².